The smallest absolute Gasteiger partial charge is 0.0958 e. The lowest BCUT2D eigenvalue weighted by molar-refractivity contribution is 0.387. The highest BCUT2D eigenvalue weighted by Gasteiger charge is 2.04. The molecule has 0 aliphatic carbocycles. The number of rotatable bonds is 4. The van der Waals surface area contributed by atoms with Gasteiger partial charge in [-0.05, 0) is 64.2 Å². The van der Waals surface area contributed by atoms with Crippen molar-refractivity contribution in [2.75, 3.05) is 20.6 Å². The van der Waals surface area contributed by atoms with Crippen LogP contribution in [0.1, 0.15) is 17.5 Å². The summed E-state index contributed by atoms with van der Waals surface area (Å²) >= 11 is 0. The van der Waals surface area contributed by atoms with Gasteiger partial charge in [0.05, 0.1) is 17.4 Å². The molecule has 0 spiro atoms. The third-order valence-electron chi connectivity index (χ3n) is 3.24. The first kappa shape index (κ1) is 12.1. The first-order valence-corrected chi connectivity index (χ1v) is 6.15. The summed E-state index contributed by atoms with van der Waals surface area (Å²) in [5, 5.41) is 0. The largest absolute Gasteiger partial charge is 0.331 e. The van der Waals surface area contributed by atoms with Gasteiger partial charge >= 0.3 is 0 Å². The normalized spacial score (nSPS) is 11.6. The van der Waals surface area contributed by atoms with Crippen molar-refractivity contribution in [3.05, 3.63) is 29.6 Å². The minimum Gasteiger partial charge on any atom is -0.331 e. The summed E-state index contributed by atoms with van der Waals surface area (Å²) < 4.78 is 2.26. The molecule has 2 aromatic rings. The van der Waals surface area contributed by atoms with Crippen molar-refractivity contribution >= 4 is 11.0 Å². The fourth-order valence-corrected chi connectivity index (χ4v) is 2.05. The summed E-state index contributed by atoms with van der Waals surface area (Å²) in [7, 11) is 4.22. The molecule has 1 heterocycles. The third kappa shape index (κ3) is 2.67. The lowest BCUT2D eigenvalue weighted by Crippen LogP contribution is -2.14. The van der Waals surface area contributed by atoms with E-state index in [2.05, 4.69) is 54.5 Å². The Bertz CT molecular complexity index is 511. The van der Waals surface area contributed by atoms with Gasteiger partial charge in [0.15, 0.2) is 0 Å². The number of hydrogen-bond donors (Lipinski definition) is 0. The molecule has 0 radical (unpaired) electrons. The Balaban J connectivity index is 2.21. The van der Waals surface area contributed by atoms with Gasteiger partial charge in [0.1, 0.15) is 0 Å². The van der Waals surface area contributed by atoms with Gasteiger partial charge in [0.2, 0.25) is 0 Å². The number of aryl methyl sites for hydroxylation is 3. The van der Waals surface area contributed by atoms with Gasteiger partial charge in [-0.3, -0.25) is 0 Å². The van der Waals surface area contributed by atoms with E-state index >= 15 is 0 Å². The van der Waals surface area contributed by atoms with E-state index in [-0.39, 0.29) is 0 Å². The summed E-state index contributed by atoms with van der Waals surface area (Å²) in [6, 6.07) is 4.42. The summed E-state index contributed by atoms with van der Waals surface area (Å²) in [5.74, 6) is 0. The van der Waals surface area contributed by atoms with Gasteiger partial charge in [-0.2, -0.15) is 0 Å². The first-order valence-electron chi connectivity index (χ1n) is 6.15. The van der Waals surface area contributed by atoms with Crippen LogP contribution in [0.25, 0.3) is 11.0 Å². The van der Waals surface area contributed by atoms with Crippen LogP contribution in [0.5, 0.6) is 0 Å². The highest BCUT2D eigenvalue weighted by molar-refractivity contribution is 5.77. The number of imidazole rings is 1. The highest BCUT2D eigenvalue weighted by Crippen LogP contribution is 2.18. The molecule has 0 aliphatic heterocycles. The van der Waals surface area contributed by atoms with Gasteiger partial charge in [0.25, 0.3) is 0 Å². The summed E-state index contributed by atoms with van der Waals surface area (Å²) in [5.41, 5.74) is 5.02. The van der Waals surface area contributed by atoms with E-state index in [9.17, 15) is 0 Å². The number of hydrogen-bond acceptors (Lipinski definition) is 2. The van der Waals surface area contributed by atoms with Crippen LogP contribution in [0.15, 0.2) is 18.5 Å². The summed E-state index contributed by atoms with van der Waals surface area (Å²) in [6.45, 7) is 6.45. The zero-order valence-corrected chi connectivity index (χ0v) is 11.2. The van der Waals surface area contributed by atoms with E-state index in [4.69, 9.17) is 0 Å². The van der Waals surface area contributed by atoms with Crippen LogP contribution in [0.4, 0.5) is 0 Å². The predicted octanol–water partition coefficient (Wildman–Crippen LogP) is 2.60. The quantitative estimate of drug-likeness (QED) is 0.806. The Kier molecular flexibility index (Phi) is 3.48. The number of nitrogens with zero attached hydrogens (tertiary/aromatic N) is 3. The van der Waals surface area contributed by atoms with E-state index in [0.29, 0.717) is 0 Å². The van der Waals surface area contributed by atoms with Crippen LogP contribution >= 0.6 is 0 Å². The monoisotopic (exact) mass is 231 g/mol. The maximum atomic E-state index is 4.47. The van der Waals surface area contributed by atoms with Crippen LogP contribution in [0.2, 0.25) is 0 Å². The van der Waals surface area contributed by atoms with Crippen LogP contribution < -0.4 is 0 Å². The molecule has 2 rings (SSSR count). The molecular weight excluding hydrogens is 210 g/mol. The molecule has 0 atom stereocenters. The van der Waals surface area contributed by atoms with E-state index < -0.39 is 0 Å². The molecule has 1 aromatic carbocycles. The van der Waals surface area contributed by atoms with E-state index in [1.807, 2.05) is 6.33 Å². The maximum Gasteiger partial charge on any atom is 0.0958 e. The van der Waals surface area contributed by atoms with Crippen molar-refractivity contribution in [1.82, 2.24) is 14.5 Å². The topological polar surface area (TPSA) is 21.1 Å². The molecule has 0 amide bonds. The molecule has 0 saturated heterocycles. The molecule has 0 saturated carbocycles. The van der Waals surface area contributed by atoms with Crippen molar-refractivity contribution < 1.29 is 0 Å². The molecule has 3 heteroatoms. The van der Waals surface area contributed by atoms with Gasteiger partial charge in [0, 0.05) is 6.54 Å². The average Bonchev–Trinajstić information content (AvgIpc) is 2.62. The average molecular weight is 231 g/mol. The minimum atomic E-state index is 1.04. The third-order valence-corrected chi connectivity index (χ3v) is 3.24. The number of benzene rings is 1. The lowest BCUT2D eigenvalue weighted by atomic mass is 10.1. The summed E-state index contributed by atoms with van der Waals surface area (Å²) in [4.78, 5) is 6.68. The minimum absolute atomic E-state index is 1.04. The molecule has 0 unspecified atom stereocenters. The molecule has 17 heavy (non-hydrogen) atoms. The Labute approximate surface area is 103 Å². The Morgan fingerprint density at radius 1 is 1.18 bits per heavy atom. The van der Waals surface area contributed by atoms with Crippen molar-refractivity contribution in [2.24, 2.45) is 0 Å². The second-order valence-electron chi connectivity index (χ2n) is 5.02. The van der Waals surface area contributed by atoms with Crippen LogP contribution in [-0.2, 0) is 6.54 Å². The SMILES string of the molecule is Cc1cc2ncn(CCCN(C)C)c2cc1C. The van der Waals surface area contributed by atoms with Crippen LogP contribution in [-0.4, -0.2) is 35.1 Å². The molecule has 0 bridgehead atoms. The lowest BCUT2D eigenvalue weighted by Gasteiger charge is -2.10. The molecule has 0 N–H and O–H groups in total. The fourth-order valence-electron chi connectivity index (χ4n) is 2.05. The Morgan fingerprint density at radius 2 is 1.88 bits per heavy atom. The Morgan fingerprint density at radius 3 is 2.59 bits per heavy atom. The van der Waals surface area contributed by atoms with Crippen molar-refractivity contribution in [1.29, 1.82) is 0 Å². The van der Waals surface area contributed by atoms with Gasteiger partial charge in [-0.25, -0.2) is 4.98 Å². The fraction of sp³-hybridized carbons (Fsp3) is 0.500. The van der Waals surface area contributed by atoms with E-state index in [0.717, 1.165) is 25.0 Å². The van der Waals surface area contributed by atoms with Crippen LogP contribution in [0, 0.1) is 13.8 Å². The standard InChI is InChI=1S/C14H21N3/c1-11-8-13-14(9-12(11)2)17(10-15-13)7-5-6-16(3)4/h8-10H,5-7H2,1-4H3. The van der Waals surface area contributed by atoms with E-state index in [1.54, 1.807) is 0 Å². The van der Waals surface area contributed by atoms with Gasteiger partial charge < -0.3 is 9.47 Å². The Hall–Kier alpha value is -1.35. The zero-order chi connectivity index (χ0) is 12.4. The zero-order valence-electron chi connectivity index (χ0n) is 11.2. The predicted molar refractivity (Wildman–Crippen MR) is 72.4 cm³/mol. The second-order valence-corrected chi connectivity index (χ2v) is 5.02. The summed E-state index contributed by atoms with van der Waals surface area (Å²) in [6.07, 6.45) is 3.12. The van der Waals surface area contributed by atoms with Crippen LogP contribution in [0.3, 0.4) is 0 Å². The molecule has 0 fully saturated rings. The molecule has 0 aliphatic rings. The second kappa shape index (κ2) is 4.88. The molecule has 1 aromatic heterocycles. The van der Waals surface area contributed by atoms with E-state index in [1.165, 1.54) is 16.6 Å². The molecular formula is C14H21N3. The highest BCUT2D eigenvalue weighted by atomic mass is 15.1. The van der Waals surface area contributed by atoms with Crippen molar-refractivity contribution in [3.63, 3.8) is 0 Å². The first-order chi connectivity index (χ1) is 8.08. The number of aromatic nitrogens is 2. The maximum absolute atomic E-state index is 4.47. The molecule has 92 valence electrons. The van der Waals surface area contributed by atoms with Gasteiger partial charge in [-0.1, -0.05) is 0 Å². The van der Waals surface area contributed by atoms with Crippen molar-refractivity contribution in [2.45, 2.75) is 26.8 Å². The molecule has 3 nitrogen and oxygen atoms in total. The van der Waals surface area contributed by atoms with Crippen molar-refractivity contribution in [3.8, 4) is 0 Å². The number of fused-ring (bicyclic) bond motifs is 1. The van der Waals surface area contributed by atoms with Gasteiger partial charge in [-0.15, -0.1) is 0 Å².